The zero-order chi connectivity index (χ0) is 18.5. The summed E-state index contributed by atoms with van der Waals surface area (Å²) in [5.41, 5.74) is 0.808. The van der Waals surface area contributed by atoms with Crippen LogP contribution >= 0.6 is 0 Å². The topological polar surface area (TPSA) is 20.2 Å². The molecule has 0 saturated heterocycles. The van der Waals surface area contributed by atoms with E-state index in [2.05, 4.69) is 30.9 Å². The first kappa shape index (κ1) is 22.7. The van der Waals surface area contributed by atoms with Gasteiger partial charge in [0.25, 0.3) is 0 Å². The minimum absolute atomic E-state index is 0.250. The Labute approximate surface area is 158 Å². The average Bonchev–Trinajstić information content (AvgIpc) is 2.63. The van der Waals surface area contributed by atoms with Gasteiger partial charge in [-0.05, 0) is 0 Å². The quantitative estimate of drug-likeness (QED) is 0.312. The van der Waals surface area contributed by atoms with Crippen molar-refractivity contribution in [1.82, 2.24) is 0 Å². The van der Waals surface area contributed by atoms with Gasteiger partial charge in [-0.25, -0.2) is 0 Å². The standard InChI is InChI=1S/C10H10FO.3C4H9.Sn/c1-2-3-10(12)8-4-6-9(11)7-5-8;3*1-3-4-2;/h1-2,4-7,10,12H,3H2;3*1,3-4H2,2H3;/t10-;;;;/m1..../s1. The summed E-state index contributed by atoms with van der Waals surface area (Å²) in [6, 6.07) is 6.23. The molecule has 0 aromatic heterocycles. The molecule has 0 unspecified atom stereocenters. The van der Waals surface area contributed by atoms with Crippen LogP contribution in [0.15, 0.2) is 34.4 Å². The van der Waals surface area contributed by atoms with Crippen molar-refractivity contribution in [2.45, 2.75) is 85.1 Å². The molecule has 0 aliphatic carbocycles. The molecule has 1 N–H and O–H groups in total. The zero-order valence-electron chi connectivity index (χ0n) is 16.4. The normalized spacial score (nSPS) is 13.5. The summed E-state index contributed by atoms with van der Waals surface area (Å²) in [7, 11) is 0. The molecule has 0 amide bonds. The molecule has 1 atom stereocenters. The number of rotatable bonds is 13. The summed E-state index contributed by atoms with van der Waals surface area (Å²) in [4.78, 5) is 0. The van der Waals surface area contributed by atoms with Gasteiger partial charge in [-0.3, -0.25) is 0 Å². The predicted octanol–water partition coefficient (Wildman–Crippen LogP) is 7.19. The van der Waals surface area contributed by atoms with Crippen molar-refractivity contribution in [1.29, 1.82) is 0 Å². The van der Waals surface area contributed by atoms with Crippen LogP contribution in [0.25, 0.3) is 0 Å². The van der Waals surface area contributed by atoms with E-state index in [4.69, 9.17) is 0 Å². The fourth-order valence-electron chi connectivity index (χ4n) is 3.48. The van der Waals surface area contributed by atoms with Crippen LogP contribution in [0.2, 0.25) is 13.3 Å². The molecular weight excluding hydrogens is 418 g/mol. The summed E-state index contributed by atoms with van der Waals surface area (Å²) in [6.45, 7) is 6.87. The Morgan fingerprint density at radius 1 is 0.920 bits per heavy atom. The summed E-state index contributed by atoms with van der Waals surface area (Å²) < 4.78 is 20.0. The number of halogens is 1. The Balaban J connectivity index is 2.77. The molecule has 1 rings (SSSR count). The molecule has 0 radical (unpaired) electrons. The van der Waals surface area contributed by atoms with Crippen LogP contribution in [0.3, 0.4) is 0 Å². The first-order chi connectivity index (χ1) is 12.1. The van der Waals surface area contributed by atoms with Crippen molar-refractivity contribution in [3.63, 3.8) is 0 Å². The third kappa shape index (κ3) is 8.72. The van der Waals surface area contributed by atoms with E-state index in [9.17, 15) is 9.50 Å². The van der Waals surface area contributed by atoms with E-state index in [1.807, 2.05) is 0 Å². The van der Waals surface area contributed by atoms with E-state index < -0.39 is 24.5 Å². The van der Waals surface area contributed by atoms with E-state index in [1.165, 1.54) is 64.0 Å². The molecule has 0 heterocycles. The summed E-state index contributed by atoms with van der Waals surface area (Å²) >= 11 is -2.24. The van der Waals surface area contributed by atoms with Crippen LogP contribution in [-0.4, -0.2) is 23.5 Å². The zero-order valence-corrected chi connectivity index (χ0v) is 19.3. The van der Waals surface area contributed by atoms with Crippen molar-refractivity contribution in [2.24, 2.45) is 0 Å². The van der Waals surface area contributed by atoms with Crippen LogP contribution in [0, 0.1) is 5.82 Å². The Kier molecular flexibility index (Phi) is 11.7. The van der Waals surface area contributed by atoms with Crippen LogP contribution in [0.5, 0.6) is 0 Å². The third-order valence-corrected chi connectivity index (χ3v) is 19.4. The number of hydrogen-bond donors (Lipinski definition) is 1. The van der Waals surface area contributed by atoms with Crippen molar-refractivity contribution < 1.29 is 9.50 Å². The van der Waals surface area contributed by atoms with Gasteiger partial charge in [-0.2, -0.15) is 0 Å². The molecule has 142 valence electrons. The van der Waals surface area contributed by atoms with Crippen molar-refractivity contribution in [3.8, 4) is 0 Å². The monoisotopic (exact) mass is 456 g/mol. The summed E-state index contributed by atoms with van der Waals surface area (Å²) in [5, 5.41) is 10.4. The first-order valence-corrected chi connectivity index (χ1v) is 17.9. The van der Waals surface area contributed by atoms with Gasteiger partial charge >= 0.3 is 159 Å². The van der Waals surface area contributed by atoms with Crippen LogP contribution in [0.4, 0.5) is 4.39 Å². The number of aliphatic hydroxyl groups is 1. The van der Waals surface area contributed by atoms with Gasteiger partial charge < -0.3 is 0 Å². The molecular formula is C22H37FOSn. The van der Waals surface area contributed by atoms with E-state index in [-0.39, 0.29) is 5.82 Å². The maximum absolute atomic E-state index is 13.0. The Morgan fingerprint density at radius 2 is 1.40 bits per heavy atom. The molecule has 0 aliphatic rings. The number of benzene rings is 1. The molecule has 0 fully saturated rings. The molecule has 3 heteroatoms. The van der Waals surface area contributed by atoms with Crippen molar-refractivity contribution in [2.75, 3.05) is 0 Å². The number of aliphatic hydroxyl groups excluding tert-OH is 1. The third-order valence-electron chi connectivity index (χ3n) is 5.17. The molecule has 0 aliphatic heterocycles. The predicted molar refractivity (Wildman–Crippen MR) is 110 cm³/mol. The fraction of sp³-hybridized carbons (Fsp3) is 0.636. The van der Waals surface area contributed by atoms with Crippen LogP contribution < -0.4 is 0 Å². The molecule has 25 heavy (non-hydrogen) atoms. The molecule has 0 saturated carbocycles. The molecule has 1 nitrogen and oxygen atoms in total. The van der Waals surface area contributed by atoms with Crippen molar-refractivity contribution in [3.05, 3.63) is 45.8 Å². The van der Waals surface area contributed by atoms with Gasteiger partial charge in [0.15, 0.2) is 0 Å². The second-order valence-corrected chi connectivity index (χ2v) is 20.4. The Hall–Kier alpha value is -0.351. The minimum atomic E-state index is -2.24. The second-order valence-electron chi connectivity index (χ2n) is 7.38. The number of unbranched alkanes of at least 4 members (excludes halogenated alkanes) is 3. The first-order valence-electron chi connectivity index (χ1n) is 10.2. The van der Waals surface area contributed by atoms with Crippen LogP contribution in [0.1, 0.15) is 77.4 Å². The fourth-order valence-corrected chi connectivity index (χ4v) is 17.9. The second kappa shape index (κ2) is 12.9. The van der Waals surface area contributed by atoms with E-state index >= 15 is 0 Å². The summed E-state index contributed by atoms with van der Waals surface area (Å²) in [5.74, 6) is -0.250. The van der Waals surface area contributed by atoms with E-state index in [1.54, 1.807) is 12.1 Å². The van der Waals surface area contributed by atoms with E-state index in [0.29, 0.717) is 6.42 Å². The Bertz CT molecular complexity index is 462. The SMILES string of the molecule is CCC[CH2][Sn](/[CH]=C/C[C@@H](O)c1ccc(F)cc1)([CH2]CCC)[CH2]CCC. The molecule has 0 bridgehead atoms. The molecule has 0 spiro atoms. The molecule has 1 aromatic rings. The van der Waals surface area contributed by atoms with Gasteiger partial charge in [-0.15, -0.1) is 0 Å². The molecule has 1 aromatic carbocycles. The van der Waals surface area contributed by atoms with Gasteiger partial charge in [0.2, 0.25) is 0 Å². The van der Waals surface area contributed by atoms with Gasteiger partial charge in [0.05, 0.1) is 0 Å². The van der Waals surface area contributed by atoms with E-state index in [0.717, 1.165) is 5.56 Å². The van der Waals surface area contributed by atoms with Crippen molar-refractivity contribution >= 4 is 18.4 Å². The average molecular weight is 455 g/mol. The van der Waals surface area contributed by atoms with Crippen LogP contribution in [-0.2, 0) is 0 Å². The Morgan fingerprint density at radius 3 is 1.84 bits per heavy atom. The summed E-state index contributed by atoms with van der Waals surface area (Å²) in [6.07, 6.45) is 10.3. The number of hydrogen-bond acceptors (Lipinski definition) is 1. The van der Waals surface area contributed by atoms with Gasteiger partial charge in [-0.1, -0.05) is 0 Å². The van der Waals surface area contributed by atoms with Gasteiger partial charge in [0, 0.05) is 0 Å². The maximum atomic E-state index is 13.0. The van der Waals surface area contributed by atoms with Gasteiger partial charge in [0.1, 0.15) is 0 Å².